The number of rotatable bonds is 6. The zero-order valence-electron chi connectivity index (χ0n) is 16.7. The van der Waals surface area contributed by atoms with Crippen molar-refractivity contribution in [3.8, 4) is 0 Å². The lowest BCUT2D eigenvalue weighted by atomic mass is 10.2. The highest BCUT2D eigenvalue weighted by molar-refractivity contribution is 8.28. The van der Waals surface area contributed by atoms with E-state index < -0.39 is 7.26 Å². The lowest BCUT2D eigenvalue weighted by molar-refractivity contribution is -0.00000547. The molecule has 0 amide bonds. The third-order valence-corrected chi connectivity index (χ3v) is 12.0. The van der Waals surface area contributed by atoms with Gasteiger partial charge in [-0.25, -0.2) is 0 Å². The Hall–Kier alpha value is -1.23. The molecule has 4 aromatic rings. The van der Waals surface area contributed by atoms with Crippen LogP contribution in [0.25, 0.3) is 0 Å². The quantitative estimate of drug-likeness (QED) is 0.191. The van der Waals surface area contributed by atoms with E-state index in [1.165, 1.54) is 15.9 Å². The van der Waals surface area contributed by atoms with E-state index in [0.29, 0.717) is 0 Å². The Labute approximate surface area is 216 Å². The van der Waals surface area contributed by atoms with E-state index in [0.717, 1.165) is 20.3 Å². The molecule has 5 heteroatoms. The SMILES string of the molecule is S=C(SC[P+](c1ccccc1)(c1ccccc1)c1ccccc1)c1ccc(Cl)cc1.[I-]. The van der Waals surface area contributed by atoms with Crippen molar-refractivity contribution >= 4 is 63.0 Å². The van der Waals surface area contributed by atoms with Crippen LogP contribution in [0.1, 0.15) is 5.56 Å². The molecule has 0 aromatic heterocycles. The average molecular weight is 591 g/mol. The van der Waals surface area contributed by atoms with Crippen LogP contribution < -0.4 is 39.9 Å². The number of thiocarbonyl (C=S) groups is 1. The van der Waals surface area contributed by atoms with Crippen LogP contribution in [0, 0.1) is 0 Å². The molecule has 0 heterocycles. The van der Waals surface area contributed by atoms with Crippen molar-refractivity contribution in [3.63, 3.8) is 0 Å². The molecule has 0 atom stereocenters. The van der Waals surface area contributed by atoms with Crippen molar-refractivity contribution in [2.24, 2.45) is 0 Å². The van der Waals surface area contributed by atoms with Crippen molar-refractivity contribution in [1.82, 2.24) is 0 Å². The average Bonchev–Trinajstić information content (AvgIpc) is 2.82. The molecule has 0 nitrogen and oxygen atoms in total. The largest absolute Gasteiger partial charge is 1.00 e. The van der Waals surface area contributed by atoms with Crippen LogP contribution in [-0.2, 0) is 0 Å². The molecule has 0 aliphatic heterocycles. The van der Waals surface area contributed by atoms with E-state index in [9.17, 15) is 0 Å². The van der Waals surface area contributed by atoms with Crippen molar-refractivity contribution in [1.29, 1.82) is 0 Å². The Morgan fingerprint density at radius 2 is 1.03 bits per heavy atom. The van der Waals surface area contributed by atoms with Crippen LogP contribution in [0.2, 0.25) is 5.02 Å². The summed E-state index contributed by atoms with van der Waals surface area (Å²) in [6.45, 7) is 0. The topological polar surface area (TPSA) is 0 Å². The van der Waals surface area contributed by atoms with E-state index in [4.69, 9.17) is 23.8 Å². The second-order valence-corrected chi connectivity index (χ2v) is 12.9. The van der Waals surface area contributed by atoms with Crippen LogP contribution in [0.4, 0.5) is 0 Å². The molecule has 0 spiro atoms. The molecule has 0 bridgehead atoms. The lowest BCUT2D eigenvalue weighted by Gasteiger charge is -2.27. The summed E-state index contributed by atoms with van der Waals surface area (Å²) in [5, 5.41) is 4.84. The maximum Gasteiger partial charge on any atom is 0.124 e. The van der Waals surface area contributed by atoms with E-state index in [-0.39, 0.29) is 24.0 Å². The molecular weight excluding hydrogens is 570 g/mol. The molecular formula is C26H21ClIPS2. The molecule has 156 valence electrons. The van der Waals surface area contributed by atoms with Gasteiger partial charge >= 0.3 is 0 Å². The predicted molar refractivity (Wildman–Crippen MR) is 141 cm³/mol. The van der Waals surface area contributed by atoms with Crippen molar-refractivity contribution in [3.05, 3.63) is 126 Å². The summed E-state index contributed by atoms with van der Waals surface area (Å²) in [6.07, 6.45) is 0. The predicted octanol–water partition coefficient (Wildman–Crippen LogP) is 3.70. The summed E-state index contributed by atoms with van der Waals surface area (Å²) in [5.74, 6) is 0. The molecule has 31 heavy (non-hydrogen) atoms. The summed E-state index contributed by atoms with van der Waals surface area (Å²) in [7, 11) is -1.89. The highest BCUT2D eigenvalue weighted by Crippen LogP contribution is 2.57. The van der Waals surface area contributed by atoms with Gasteiger partial charge in [-0.15, -0.1) is 0 Å². The Kier molecular flexibility index (Phi) is 9.12. The van der Waals surface area contributed by atoms with Crippen molar-refractivity contribution in [2.45, 2.75) is 0 Å². The van der Waals surface area contributed by atoms with Crippen LogP contribution >= 0.6 is 42.8 Å². The molecule has 0 fully saturated rings. The van der Waals surface area contributed by atoms with Gasteiger partial charge in [-0.05, 0) is 54.1 Å². The van der Waals surface area contributed by atoms with Crippen molar-refractivity contribution < 1.29 is 24.0 Å². The highest BCUT2D eigenvalue weighted by atomic mass is 127. The minimum atomic E-state index is -1.89. The molecule has 4 rings (SSSR count). The second kappa shape index (κ2) is 11.6. The fraction of sp³-hybridized carbons (Fsp3) is 0.0385. The molecule has 0 saturated heterocycles. The van der Waals surface area contributed by atoms with Gasteiger partial charge in [0, 0.05) is 5.02 Å². The first kappa shape index (κ1) is 24.4. The fourth-order valence-corrected chi connectivity index (χ4v) is 10.6. The number of benzene rings is 4. The van der Waals surface area contributed by atoms with Gasteiger partial charge in [0.2, 0.25) is 0 Å². The summed E-state index contributed by atoms with van der Waals surface area (Å²) in [4.78, 5) is 0. The molecule has 4 aromatic carbocycles. The maximum atomic E-state index is 6.06. The van der Waals surface area contributed by atoms with E-state index in [2.05, 4.69) is 91.0 Å². The third-order valence-electron chi connectivity index (χ3n) is 5.06. The zero-order valence-corrected chi connectivity index (χ0v) is 22.1. The minimum absolute atomic E-state index is 0. The summed E-state index contributed by atoms with van der Waals surface area (Å²) in [5.41, 5.74) is 1.96. The first-order valence-corrected chi connectivity index (χ1v) is 13.4. The van der Waals surface area contributed by atoms with Gasteiger partial charge in [-0.2, -0.15) is 0 Å². The first-order chi connectivity index (χ1) is 14.7. The van der Waals surface area contributed by atoms with E-state index in [1.807, 2.05) is 24.3 Å². The maximum absolute atomic E-state index is 6.06. The summed E-state index contributed by atoms with van der Waals surface area (Å²) >= 11 is 13.6. The smallest absolute Gasteiger partial charge is 0.124 e. The first-order valence-electron chi connectivity index (χ1n) is 9.68. The van der Waals surface area contributed by atoms with Crippen LogP contribution in [-0.4, -0.2) is 9.69 Å². The number of hydrogen-bond acceptors (Lipinski definition) is 2. The molecule has 0 aliphatic rings. The minimum Gasteiger partial charge on any atom is -1.00 e. The highest BCUT2D eigenvalue weighted by Gasteiger charge is 2.45. The third kappa shape index (κ3) is 5.58. The molecule has 0 unspecified atom stereocenters. The van der Waals surface area contributed by atoms with Gasteiger partial charge in [-0.3, -0.25) is 0 Å². The second-order valence-electron chi connectivity index (χ2n) is 6.88. The van der Waals surface area contributed by atoms with E-state index in [1.54, 1.807) is 11.8 Å². The Bertz CT molecular complexity index is 1010. The van der Waals surface area contributed by atoms with Gasteiger partial charge in [0.15, 0.2) is 0 Å². The van der Waals surface area contributed by atoms with Crippen molar-refractivity contribution in [2.75, 3.05) is 5.49 Å². The Balaban J connectivity index is 0.00000272. The standard InChI is InChI=1S/C26H21ClPS2.HI/c27-22-18-16-21(17-19-22)26(29)30-20-28(23-10-4-1-5-11-23,24-12-6-2-7-13-24)25-14-8-3-9-15-25;/h1-19H,20H2;1H/q+1;/p-1. The van der Waals surface area contributed by atoms with Crippen LogP contribution in [0.5, 0.6) is 0 Å². The molecule has 0 N–H and O–H groups in total. The monoisotopic (exact) mass is 590 g/mol. The van der Waals surface area contributed by atoms with Gasteiger partial charge in [0.1, 0.15) is 28.7 Å². The van der Waals surface area contributed by atoms with Gasteiger partial charge in [-0.1, -0.05) is 102 Å². The van der Waals surface area contributed by atoms with Gasteiger partial charge in [0.25, 0.3) is 0 Å². The molecule has 0 aliphatic carbocycles. The number of hydrogen-bond donors (Lipinski definition) is 0. The normalized spacial score (nSPS) is 10.9. The van der Waals surface area contributed by atoms with Crippen LogP contribution in [0.3, 0.4) is 0 Å². The number of thioether (sulfide) groups is 1. The van der Waals surface area contributed by atoms with E-state index >= 15 is 0 Å². The van der Waals surface area contributed by atoms with Crippen LogP contribution in [0.15, 0.2) is 115 Å². The summed E-state index contributed by atoms with van der Waals surface area (Å²) in [6, 6.07) is 40.5. The number of halogens is 2. The van der Waals surface area contributed by atoms with Gasteiger partial charge < -0.3 is 24.0 Å². The Morgan fingerprint density at radius 1 is 0.645 bits per heavy atom. The fourth-order valence-electron chi connectivity index (χ4n) is 3.54. The lowest BCUT2D eigenvalue weighted by Crippen LogP contribution is -3.00. The van der Waals surface area contributed by atoms with Gasteiger partial charge in [0.05, 0.1) is 4.20 Å². The molecule has 0 radical (unpaired) electrons. The Morgan fingerprint density at radius 3 is 1.42 bits per heavy atom. The molecule has 0 saturated carbocycles. The summed E-state index contributed by atoms with van der Waals surface area (Å²) < 4.78 is 0.902. The zero-order chi connectivity index (χ0) is 20.8.